The van der Waals surface area contributed by atoms with E-state index < -0.39 is 0 Å². The molecule has 1 heterocycles. The lowest BCUT2D eigenvalue weighted by Crippen LogP contribution is -2.15. The Kier molecular flexibility index (Phi) is 2.80. The maximum atomic E-state index is 9.43. The van der Waals surface area contributed by atoms with Crippen LogP contribution in [0.4, 0.5) is 0 Å². The molecule has 1 aromatic heterocycles. The van der Waals surface area contributed by atoms with E-state index in [9.17, 15) is 5.11 Å². The van der Waals surface area contributed by atoms with Crippen LogP contribution in [0.2, 0.25) is 0 Å². The van der Waals surface area contributed by atoms with Gasteiger partial charge in [0.25, 0.3) is 0 Å². The van der Waals surface area contributed by atoms with Crippen molar-refractivity contribution in [2.75, 3.05) is 5.59 Å². The molecule has 0 bridgehead atoms. The summed E-state index contributed by atoms with van der Waals surface area (Å²) in [6.45, 7) is 0.243. The van der Waals surface area contributed by atoms with Crippen molar-refractivity contribution in [3.05, 3.63) is 42.2 Å². The molecule has 0 aliphatic rings. The van der Waals surface area contributed by atoms with E-state index in [4.69, 9.17) is 4.84 Å². The Balaban J connectivity index is 1.86. The molecular weight excluding hydrogens is 196 g/mol. The summed E-state index contributed by atoms with van der Waals surface area (Å²) in [4.78, 5) is 6.41. The van der Waals surface area contributed by atoms with Crippen LogP contribution < -0.4 is 5.59 Å². The fourth-order valence-electron chi connectivity index (χ4n) is 1.07. The highest BCUT2D eigenvalue weighted by molar-refractivity contribution is 5.30. The highest BCUT2D eigenvalue weighted by atomic mass is 16.7. The maximum absolute atomic E-state index is 9.43. The maximum Gasteiger partial charge on any atom is 0.121 e. The first-order valence-electron chi connectivity index (χ1n) is 4.37. The summed E-state index contributed by atoms with van der Waals surface area (Å²) in [5.41, 5.74) is 3.23. The highest BCUT2D eigenvalue weighted by Crippen LogP contribution is 2.15. The minimum absolute atomic E-state index is 0.206. The first-order chi connectivity index (χ1) is 7.36. The van der Waals surface area contributed by atoms with Crippen molar-refractivity contribution >= 4 is 0 Å². The van der Waals surface area contributed by atoms with E-state index in [0.717, 1.165) is 0 Å². The number of para-hydroxylation sites is 1. The number of phenols is 1. The van der Waals surface area contributed by atoms with E-state index >= 15 is 0 Å². The molecule has 0 saturated carbocycles. The number of nitrogens with zero attached hydrogens (tertiary/aromatic N) is 3. The molecule has 0 spiro atoms. The third-order valence-electron chi connectivity index (χ3n) is 1.80. The molecular formula is C9H10N4O2. The number of nitrogens with one attached hydrogen (secondary N) is 1. The first-order valence-corrected chi connectivity index (χ1v) is 4.37. The van der Waals surface area contributed by atoms with Crippen molar-refractivity contribution in [1.29, 1.82) is 0 Å². The van der Waals surface area contributed by atoms with Crippen molar-refractivity contribution in [2.24, 2.45) is 0 Å². The number of hydrogen-bond donors (Lipinski definition) is 2. The topological polar surface area (TPSA) is 72.2 Å². The van der Waals surface area contributed by atoms with Gasteiger partial charge in [0.15, 0.2) is 0 Å². The van der Waals surface area contributed by atoms with Gasteiger partial charge in [0.05, 0.1) is 12.4 Å². The molecule has 78 valence electrons. The summed E-state index contributed by atoms with van der Waals surface area (Å²) in [7, 11) is 0. The monoisotopic (exact) mass is 206 g/mol. The van der Waals surface area contributed by atoms with Crippen molar-refractivity contribution < 1.29 is 9.94 Å². The Hall–Kier alpha value is -2.08. The SMILES string of the molecule is Oc1ccccc1CONn1ccnn1. The largest absolute Gasteiger partial charge is 0.508 e. The normalized spacial score (nSPS) is 10.1. The molecule has 0 radical (unpaired) electrons. The van der Waals surface area contributed by atoms with E-state index in [2.05, 4.69) is 15.9 Å². The van der Waals surface area contributed by atoms with E-state index in [1.807, 2.05) is 6.07 Å². The smallest absolute Gasteiger partial charge is 0.121 e. The van der Waals surface area contributed by atoms with Crippen LogP contribution in [-0.2, 0) is 11.4 Å². The number of phenolic OH excluding ortho intramolecular Hbond substituents is 1. The second kappa shape index (κ2) is 4.43. The molecule has 1 aromatic carbocycles. The lowest BCUT2D eigenvalue weighted by Gasteiger charge is -2.06. The summed E-state index contributed by atoms with van der Waals surface area (Å²) in [6.07, 6.45) is 3.13. The van der Waals surface area contributed by atoms with Gasteiger partial charge in [0.1, 0.15) is 12.4 Å². The zero-order chi connectivity index (χ0) is 10.5. The fraction of sp³-hybridized carbons (Fsp3) is 0.111. The molecule has 0 amide bonds. The van der Waals surface area contributed by atoms with Crippen LogP contribution in [0.5, 0.6) is 5.75 Å². The van der Waals surface area contributed by atoms with Crippen LogP contribution in [-0.4, -0.2) is 20.2 Å². The zero-order valence-corrected chi connectivity index (χ0v) is 7.87. The molecule has 0 fully saturated rings. The summed E-state index contributed by atoms with van der Waals surface area (Å²) < 4.78 is 0. The molecule has 2 N–H and O–H groups in total. The number of benzene rings is 1. The van der Waals surface area contributed by atoms with Gasteiger partial charge in [0.2, 0.25) is 0 Å². The van der Waals surface area contributed by atoms with Crippen LogP contribution in [0.3, 0.4) is 0 Å². The lowest BCUT2D eigenvalue weighted by atomic mass is 10.2. The van der Waals surface area contributed by atoms with Crippen LogP contribution in [0.15, 0.2) is 36.7 Å². The van der Waals surface area contributed by atoms with Gasteiger partial charge in [-0.2, -0.15) is 5.59 Å². The predicted octanol–water partition coefficient (Wildman–Crippen LogP) is 0.659. The molecule has 0 unspecified atom stereocenters. The number of aromatic hydroxyl groups is 1. The summed E-state index contributed by atoms with van der Waals surface area (Å²) in [5, 5.41) is 16.6. The first kappa shape index (κ1) is 9.47. The Morgan fingerprint density at radius 1 is 1.40 bits per heavy atom. The van der Waals surface area contributed by atoms with Crippen LogP contribution >= 0.6 is 0 Å². The molecule has 6 nitrogen and oxygen atoms in total. The molecule has 0 aliphatic heterocycles. The molecule has 2 rings (SSSR count). The van der Waals surface area contributed by atoms with E-state index in [1.54, 1.807) is 24.4 Å². The fourth-order valence-corrected chi connectivity index (χ4v) is 1.07. The lowest BCUT2D eigenvalue weighted by molar-refractivity contribution is 0.131. The van der Waals surface area contributed by atoms with Gasteiger partial charge >= 0.3 is 0 Å². The van der Waals surface area contributed by atoms with Crippen molar-refractivity contribution in [2.45, 2.75) is 6.61 Å². The predicted molar refractivity (Wildman–Crippen MR) is 52.3 cm³/mol. The van der Waals surface area contributed by atoms with E-state index in [-0.39, 0.29) is 12.4 Å². The van der Waals surface area contributed by atoms with Crippen LogP contribution in [0.1, 0.15) is 5.56 Å². The Labute approximate surface area is 86.0 Å². The van der Waals surface area contributed by atoms with E-state index in [1.165, 1.54) is 11.0 Å². The molecule has 15 heavy (non-hydrogen) atoms. The van der Waals surface area contributed by atoms with Crippen molar-refractivity contribution in [3.8, 4) is 5.75 Å². The Morgan fingerprint density at radius 3 is 3.00 bits per heavy atom. The van der Waals surface area contributed by atoms with Crippen molar-refractivity contribution in [3.63, 3.8) is 0 Å². The number of hydrogen-bond acceptors (Lipinski definition) is 5. The zero-order valence-electron chi connectivity index (χ0n) is 7.87. The third-order valence-corrected chi connectivity index (χ3v) is 1.80. The number of aromatic nitrogens is 3. The average molecular weight is 206 g/mol. The van der Waals surface area contributed by atoms with Gasteiger partial charge in [-0.3, -0.25) is 4.84 Å². The third kappa shape index (κ3) is 2.44. The molecule has 2 aromatic rings. The van der Waals surface area contributed by atoms with Gasteiger partial charge in [0, 0.05) is 5.56 Å². The Bertz CT molecular complexity index is 416. The molecule has 0 atom stereocenters. The highest BCUT2D eigenvalue weighted by Gasteiger charge is 1.99. The minimum atomic E-state index is 0.206. The van der Waals surface area contributed by atoms with Gasteiger partial charge in [-0.05, 0) is 11.3 Å². The Morgan fingerprint density at radius 2 is 2.27 bits per heavy atom. The second-order valence-corrected chi connectivity index (χ2v) is 2.86. The molecule has 0 aliphatic carbocycles. The van der Waals surface area contributed by atoms with Gasteiger partial charge in [-0.15, -0.1) is 9.89 Å². The van der Waals surface area contributed by atoms with E-state index in [0.29, 0.717) is 5.56 Å². The quantitative estimate of drug-likeness (QED) is 0.719. The molecule has 0 saturated heterocycles. The standard InChI is InChI=1S/C9H10N4O2/c14-9-4-2-1-3-8(9)7-15-12-13-6-5-10-11-13/h1-6,12,14H,7H2. The summed E-state index contributed by atoms with van der Waals surface area (Å²) in [5.74, 6) is 0.206. The second-order valence-electron chi connectivity index (χ2n) is 2.86. The number of rotatable bonds is 4. The molecule has 6 heteroatoms. The minimum Gasteiger partial charge on any atom is -0.508 e. The van der Waals surface area contributed by atoms with Gasteiger partial charge < -0.3 is 5.11 Å². The average Bonchev–Trinajstić information content (AvgIpc) is 2.74. The van der Waals surface area contributed by atoms with Gasteiger partial charge in [-0.1, -0.05) is 18.2 Å². The van der Waals surface area contributed by atoms with Crippen LogP contribution in [0, 0.1) is 0 Å². The summed E-state index contributed by atoms with van der Waals surface area (Å²) >= 11 is 0. The van der Waals surface area contributed by atoms with Crippen molar-refractivity contribution in [1.82, 2.24) is 15.1 Å². The van der Waals surface area contributed by atoms with Gasteiger partial charge in [-0.25, -0.2) is 0 Å². The van der Waals surface area contributed by atoms with Crippen LogP contribution in [0.25, 0.3) is 0 Å². The summed E-state index contributed by atoms with van der Waals surface area (Å²) in [6, 6.07) is 6.96.